The first-order valence-corrected chi connectivity index (χ1v) is 4.41. The zero-order valence-electron chi connectivity index (χ0n) is 8.54. The van der Waals surface area contributed by atoms with Gasteiger partial charge in [0.2, 0.25) is 0 Å². The predicted molar refractivity (Wildman–Crippen MR) is 47.7 cm³/mol. The van der Waals surface area contributed by atoms with Gasteiger partial charge >= 0.3 is 18.1 Å². The van der Waals surface area contributed by atoms with Crippen LogP contribution in [0.25, 0.3) is 0 Å². The van der Waals surface area contributed by atoms with Gasteiger partial charge in [0, 0.05) is 6.20 Å². The third-order valence-corrected chi connectivity index (χ3v) is 1.80. The van der Waals surface area contributed by atoms with Crippen LogP contribution in [-0.4, -0.2) is 34.8 Å². The van der Waals surface area contributed by atoms with E-state index in [2.05, 4.69) is 9.72 Å². The molecule has 18 heavy (non-hydrogen) atoms. The van der Waals surface area contributed by atoms with Crippen molar-refractivity contribution in [2.45, 2.75) is 12.1 Å². The first-order chi connectivity index (χ1) is 8.15. The minimum atomic E-state index is -5.77. The van der Waals surface area contributed by atoms with E-state index in [0.29, 0.717) is 0 Å². The van der Waals surface area contributed by atoms with Gasteiger partial charge in [-0.3, -0.25) is 0 Å². The summed E-state index contributed by atoms with van der Waals surface area (Å²) in [7, 11) is 0. The number of carbonyl (C=O) groups is 1. The number of rotatable bonds is 4. The Morgan fingerprint density at radius 3 is 2.44 bits per heavy atom. The van der Waals surface area contributed by atoms with E-state index in [-0.39, 0.29) is 0 Å². The first kappa shape index (κ1) is 14.1. The number of nitrogens with zero attached hydrogens (tertiary/aromatic N) is 1. The van der Waals surface area contributed by atoms with E-state index in [4.69, 9.17) is 5.11 Å². The molecule has 1 aromatic heterocycles. The molecule has 1 N–H and O–H groups in total. The number of ether oxygens (including phenoxy) is 1. The van der Waals surface area contributed by atoms with E-state index < -0.39 is 36.1 Å². The molecule has 1 heterocycles. The lowest BCUT2D eigenvalue weighted by Gasteiger charge is -2.19. The molecule has 0 unspecified atom stereocenters. The van der Waals surface area contributed by atoms with Crippen molar-refractivity contribution in [1.29, 1.82) is 0 Å². The standard InChI is InChI=1S/C9H6F5NO3/c10-8(11,9(12,13)14)4-18-5-2-1-3-15-6(5)7(16)17/h1-3H,4H2,(H,16,17). The van der Waals surface area contributed by atoms with Crippen molar-refractivity contribution in [2.75, 3.05) is 6.61 Å². The first-order valence-electron chi connectivity index (χ1n) is 4.41. The molecule has 0 aliphatic rings. The highest BCUT2D eigenvalue weighted by atomic mass is 19.4. The summed E-state index contributed by atoms with van der Waals surface area (Å²) in [5.74, 6) is -7.33. The molecule has 0 aliphatic heterocycles. The smallest absolute Gasteiger partial charge is 0.456 e. The third kappa shape index (κ3) is 3.05. The molecule has 1 rings (SSSR count). The monoisotopic (exact) mass is 271 g/mol. The molecular formula is C9H6F5NO3. The molecule has 0 amide bonds. The van der Waals surface area contributed by atoms with E-state index in [1.54, 1.807) is 0 Å². The number of aromatic nitrogens is 1. The number of pyridine rings is 1. The second-order valence-corrected chi connectivity index (χ2v) is 3.15. The summed E-state index contributed by atoms with van der Waals surface area (Å²) in [6, 6.07) is 2.08. The van der Waals surface area contributed by atoms with Crippen LogP contribution in [0.1, 0.15) is 10.5 Å². The van der Waals surface area contributed by atoms with E-state index in [1.165, 1.54) is 0 Å². The number of halogens is 5. The highest BCUT2D eigenvalue weighted by Crippen LogP contribution is 2.35. The van der Waals surface area contributed by atoms with Gasteiger partial charge in [-0.05, 0) is 12.1 Å². The SMILES string of the molecule is O=C(O)c1ncccc1OCC(F)(F)C(F)(F)F. The Hall–Kier alpha value is -1.93. The number of hydrogen-bond donors (Lipinski definition) is 1. The van der Waals surface area contributed by atoms with Gasteiger partial charge in [-0.15, -0.1) is 0 Å². The summed E-state index contributed by atoms with van der Waals surface area (Å²) in [5, 5.41) is 8.60. The topological polar surface area (TPSA) is 59.4 Å². The van der Waals surface area contributed by atoms with Crippen LogP contribution in [0, 0.1) is 0 Å². The Labute approximate surface area is 97.0 Å². The summed E-state index contributed by atoms with van der Waals surface area (Å²) >= 11 is 0. The number of carboxylic acid groups (broad SMARTS) is 1. The van der Waals surface area contributed by atoms with E-state index >= 15 is 0 Å². The van der Waals surface area contributed by atoms with Gasteiger partial charge in [-0.2, -0.15) is 22.0 Å². The van der Waals surface area contributed by atoms with Gasteiger partial charge in [0.05, 0.1) is 0 Å². The van der Waals surface area contributed by atoms with Gasteiger partial charge in [-0.25, -0.2) is 9.78 Å². The molecule has 0 saturated carbocycles. The van der Waals surface area contributed by atoms with Crippen molar-refractivity contribution in [2.24, 2.45) is 0 Å². The van der Waals surface area contributed by atoms with Gasteiger partial charge in [-0.1, -0.05) is 0 Å². The average Bonchev–Trinajstić information content (AvgIpc) is 2.25. The molecule has 0 fully saturated rings. The fraction of sp³-hybridized carbons (Fsp3) is 0.333. The molecule has 9 heteroatoms. The molecular weight excluding hydrogens is 265 g/mol. The maximum absolute atomic E-state index is 12.5. The Morgan fingerprint density at radius 2 is 1.94 bits per heavy atom. The fourth-order valence-electron chi connectivity index (χ4n) is 0.918. The molecule has 4 nitrogen and oxygen atoms in total. The summed E-state index contributed by atoms with van der Waals surface area (Å²) in [4.78, 5) is 13.9. The number of hydrogen-bond acceptors (Lipinski definition) is 3. The van der Waals surface area contributed by atoms with Gasteiger partial charge in [0.1, 0.15) is 0 Å². The van der Waals surface area contributed by atoms with Gasteiger partial charge in [0.25, 0.3) is 0 Å². The second-order valence-electron chi connectivity index (χ2n) is 3.15. The Morgan fingerprint density at radius 1 is 1.33 bits per heavy atom. The van der Waals surface area contributed by atoms with Gasteiger partial charge in [0.15, 0.2) is 18.1 Å². The van der Waals surface area contributed by atoms with Crippen molar-refractivity contribution < 1.29 is 36.6 Å². The van der Waals surface area contributed by atoms with E-state index in [1.807, 2.05) is 0 Å². The van der Waals surface area contributed by atoms with Crippen molar-refractivity contribution in [3.63, 3.8) is 0 Å². The Kier molecular flexibility index (Phi) is 3.73. The summed E-state index contributed by atoms with van der Waals surface area (Å²) in [6.45, 7) is -2.01. The highest BCUT2D eigenvalue weighted by Gasteiger charge is 2.58. The van der Waals surface area contributed by atoms with E-state index in [0.717, 1.165) is 18.3 Å². The molecule has 100 valence electrons. The number of aromatic carboxylic acids is 1. The normalized spacial score (nSPS) is 12.3. The predicted octanol–water partition coefficient (Wildman–Crippen LogP) is 2.36. The zero-order chi connectivity index (χ0) is 14.0. The second kappa shape index (κ2) is 4.75. The third-order valence-electron chi connectivity index (χ3n) is 1.80. The molecule has 0 saturated heterocycles. The quantitative estimate of drug-likeness (QED) is 0.854. The largest absolute Gasteiger partial charge is 0.484 e. The van der Waals surface area contributed by atoms with Crippen LogP contribution in [0.2, 0.25) is 0 Å². The minimum absolute atomic E-state index is 0.658. The van der Waals surface area contributed by atoms with Crippen molar-refractivity contribution in [3.05, 3.63) is 24.0 Å². The summed E-state index contributed by atoms with van der Waals surface area (Å²) < 4.78 is 64.7. The summed E-state index contributed by atoms with van der Waals surface area (Å²) in [6.07, 6.45) is -4.73. The maximum Gasteiger partial charge on any atom is 0.456 e. The minimum Gasteiger partial charge on any atom is -0.484 e. The number of alkyl halides is 5. The van der Waals surface area contributed by atoms with Gasteiger partial charge < -0.3 is 9.84 Å². The van der Waals surface area contributed by atoms with Crippen LogP contribution in [0.4, 0.5) is 22.0 Å². The fourth-order valence-corrected chi connectivity index (χ4v) is 0.918. The van der Waals surface area contributed by atoms with E-state index in [9.17, 15) is 26.7 Å². The highest BCUT2D eigenvalue weighted by molar-refractivity contribution is 5.88. The molecule has 0 radical (unpaired) electrons. The molecule has 1 aromatic rings. The molecule has 0 aliphatic carbocycles. The lowest BCUT2D eigenvalue weighted by molar-refractivity contribution is -0.290. The van der Waals surface area contributed by atoms with Crippen molar-refractivity contribution in [1.82, 2.24) is 4.98 Å². The Bertz CT molecular complexity index is 446. The van der Waals surface area contributed by atoms with Crippen LogP contribution in [0.5, 0.6) is 5.75 Å². The van der Waals surface area contributed by atoms with Crippen LogP contribution in [0.15, 0.2) is 18.3 Å². The zero-order valence-corrected chi connectivity index (χ0v) is 8.54. The lowest BCUT2D eigenvalue weighted by Crippen LogP contribution is -2.41. The van der Waals surface area contributed by atoms with Crippen LogP contribution in [0.3, 0.4) is 0 Å². The van der Waals surface area contributed by atoms with Crippen LogP contribution >= 0.6 is 0 Å². The lowest BCUT2D eigenvalue weighted by atomic mass is 10.3. The molecule has 0 bridgehead atoms. The molecule has 0 spiro atoms. The Balaban J connectivity index is 2.85. The van der Waals surface area contributed by atoms with Crippen LogP contribution < -0.4 is 4.74 Å². The average molecular weight is 271 g/mol. The summed E-state index contributed by atoms with van der Waals surface area (Å²) in [5.41, 5.74) is -0.740. The van der Waals surface area contributed by atoms with Crippen molar-refractivity contribution >= 4 is 5.97 Å². The number of carboxylic acids is 1. The van der Waals surface area contributed by atoms with Crippen molar-refractivity contribution in [3.8, 4) is 5.75 Å². The maximum atomic E-state index is 12.5. The molecule has 0 atom stereocenters. The molecule has 0 aromatic carbocycles. The van der Waals surface area contributed by atoms with Crippen LogP contribution in [-0.2, 0) is 0 Å².